The first kappa shape index (κ1) is 47.9. The minimum Gasteiger partial charge on any atom is -0.454 e. The second-order valence-electron chi connectivity index (χ2n) is 23.0. The Labute approximate surface area is 494 Å². The van der Waals surface area contributed by atoms with Crippen molar-refractivity contribution in [1.29, 1.82) is 0 Å². The summed E-state index contributed by atoms with van der Waals surface area (Å²) in [5.74, 6) is 0. The van der Waals surface area contributed by atoms with Crippen LogP contribution in [0.25, 0.3) is 114 Å². The highest BCUT2D eigenvalue weighted by molar-refractivity contribution is 6.20. The number of hydrogen-bond acceptors (Lipinski definition) is 4. The molecule has 0 bridgehead atoms. The Morgan fingerprint density at radius 2 is 0.826 bits per heavy atom. The van der Waals surface area contributed by atoms with Crippen molar-refractivity contribution in [3.05, 3.63) is 305 Å². The summed E-state index contributed by atoms with van der Waals surface area (Å²) in [4.78, 5) is 12.3. The van der Waals surface area contributed by atoms with Gasteiger partial charge in [0.25, 0.3) is 0 Å². The number of furan rings is 2. The first-order valence-corrected chi connectivity index (χ1v) is 29.0. The Bertz CT molecular complexity index is 5640. The smallest absolute Gasteiger partial charge is 0.187 e. The molecule has 0 N–H and O–H groups in total. The second kappa shape index (κ2) is 17.7. The van der Waals surface area contributed by atoms with Crippen LogP contribution in [0.15, 0.2) is 258 Å². The largest absolute Gasteiger partial charge is 0.454 e. The summed E-state index contributed by atoms with van der Waals surface area (Å²) >= 11 is 0. The van der Waals surface area contributed by atoms with E-state index in [9.17, 15) is 0 Å². The van der Waals surface area contributed by atoms with Gasteiger partial charge in [-0.15, -0.1) is 0 Å². The summed E-state index contributed by atoms with van der Waals surface area (Å²) < 4.78 is 16.6. The van der Waals surface area contributed by atoms with Crippen molar-refractivity contribution < 1.29 is 8.83 Å². The SMILES string of the molecule is [C-]#[N+]c1ccc(N(c2ccc3c(c2)c2cc(N(c4ccc([N+]#[C-])cc4)c4cccc5c4oc4c(C)cccc45)cc4c2n3-c2ccccc2C42c3ccc4ccccc4c3-c3c2ccc2ccccc32)c2cccc3c2oc2c(C)cccc23)cc1. The minimum atomic E-state index is -0.829. The summed E-state index contributed by atoms with van der Waals surface area (Å²) in [5, 5.41) is 11.1. The topological polar surface area (TPSA) is 46.4 Å². The predicted octanol–water partition coefficient (Wildman–Crippen LogP) is 22.2. The van der Waals surface area contributed by atoms with Gasteiger partial charge in [0.15, 0.2) is 22.5 Å². The van der Waals surface area contributed by atoms with Gasteiger partial charge in [-0.25, -0.2) is 9.69 Å². The third kappa shape index (κ3) is 6.38. The van der Waals surface area contributed by atoms with Gasteiger partial charge in [0.05, 0.1) is 46.7 Å². The molecule has 86 heavy (non-hydrogen) atoms. The fourth-order valence-corrected chi connectivity index (χ4v) is 14.9. The Balaban J connectivity index is 1.01. The number of aromatic nitrogens is 1. The zero-order valence-electron chi connectivity index (χ0n) is 46.7. The number of para-hydroxylation sites is 5. The molecule has 1 spiro atoms. The standard InChI is InChI=1S/C79H47N5O2/c1-46-15-11-21-58-60-23-13-27-70(77(60)85-75(46)58)82(52-35-31-50(80-3)32-36-52)54-39-42-68-62(43-54)63-44-55(83(53-37-33-51(81-4)34-38-53)71-28-14-24-61-59-22-12-16-47(2)76(59)86-78(61)71)45-67-74(63)84(68)69-26-10-9-25-64(69)79(67)65-40-29-48-17-5-7-19-56(48)72(65)73-57-20-8-6-18-49(57)30-41-66(73)79/h5-45H,1-2H3. The summed E-state index contributed by atoms with van der Waals surface area (Å²) in [7, 11) is 0. The van der Waals surface area contributed by atoms with E-state index in [0.29, 0.717) is 11.4 Å². The highest BCUT2D eigenvalue weighted by Crippen LogP contribution is 2.64. The van der Waals surface area contributed by atoms with Gasteiger partial charge in [-0.3, -0.25) is 0 Å². The molecule has 3 aromatic heterocycles. The quantitative estimate of drug-likeness (QED) is 0.156. The first-order valence-electron chi connectivity index (χ1n) is 29.0. The van der Waals surface area contributed by atoms with Crippen LogP contribution < -0.4 is 9.80 Å². The summed E-state index contributed by atoms with van der Waals surface area (Å²) in [5.41, 5.74) is 21.7. The van der Waals surface area contributed by atoms with Crippen LogP contribution >= 0.6 is 0 Å². The molecule has 18 rings (SSSR count). The molecule has 4 heterocycles. The molecule has 0 fully saturated rings. The molecule has 0 radical (unpaired) electrons. The van der Waals surface area contributed by atoms with E-state index in [-0.39, 0.29) is 0 Å². The van der Waals surface area contributed by atoms with E-state index in [0.717, 1.165) is 122 Å². The molecule has 0 saturated carbocycles. The number of fused-ring (bicyclic) bond motifs is 22. The van der Waals surface area contributed by atoms with Gasteiger partial charge in [0, 0.05) is 55.1 Å². The van der Waals surface area contributed by atoms with Crippen LogP contribution in [0.4, 0.5) is 45.5 Å². The van der Waals surface area contributed by atoms with Crippen LogP contribution in [0, 0.1) is 27.0 Å². The lowest BCUT2D eigenvalue weighted by molar-refractivity contribution is 0.665. The number of nitrogens with zero attached hydrogens (tertiary/aromatic N) is 5. The van der Waals surface area contributed by atoms with Crippen LogP contribution in [0.5, 0.6) is 0 Å². The van der Waals surface area contributed by atoms with Crippen LogP contribution in [-0.2, 0) is 5.41 Å². The number of rotatable bonds is 6. The lowest BCUT2D eigenvalue weighted by Gasteiger charge is -2.40. The summed E-state index contributed by atoms with van der Waals surface area (Å²) in [6.07, 6.45) is 0. The van der Waals surface area contributed by atoms with E-state index in [1.165, 1.54) is 49.4 Å². The van der Waals surface area contributed by atoms with Crippen molar-refractivity contribution in [3.8, 4) is 16.8 Å². The Hall–Kier alpha value is -11.6. The molecular weight excluding hydrogens is 1050 g/mol. The highest BCUT2D eigenvalue weighted by Gasteiger charge is 2.52. The van der Waals surface area contributed by atoms with Crippen molar-refractivity contribution in [3.63, 3.8) is 0 Å². The van der Waals surface area contributed by atoms with Crippen LogP contribution in [0.3, 0.4) is 0 Å². The molecule has 16 aromatic rings. The average Bonchev–Trinajstić information content (AvgIpc) is 1.47. The first-order chi connectivity index (χ1) is 42.4. The normalized spacial score (nSPS) is 12.8. The van der Waals surface area contributed by atoms with Crippen LogP contribution in [0.2, 0.25) is 0 Å². The van der Waals surface area contributed by atoms with E-state index < -0.39 is 5.41 Å². The van der Waals surface area contributed by atoms with Gasteiger partial charge in [0.2, 0.25) is 0 Å². The van der Waals surface area contributed by atoms with Gasteiger partial charge < -0.3 is 23.2 Å². The lowest BCUT2D eigenvalue weighted by Crippen LogP contribution is -2.33. The molecule has 0 amide bonds. The van der Waals surface area contributed by atoms with Crippen molar-refractivity contribution >= 4 is 133 Å². The predicted molar refractivity (Wildman–Crippen MR) is 353 cm³/mol. The van der Waals surface area contributed by atoms with E-state index in [2.05, 4.69) is 250 Å². The molecule has 13 aromatic carbocycles. The maximum Gasteiger partial charge on any atom is 0.187 e. The zero-order chi connectivity index (χ0) is 57.1. The maximum atomic E-state index is 8.06. The average molecular weight is 1100 g/mol. The molecule has 7 heteroatoms. The van der Waals surface area contributed by atoms with Crippen molar-refractivity contribution in [2.45, 2.75) is 19.3 Å². The molecule has 2 aliphatic rings. The lowest BCUT2D eigenvalue weighted by atomic mass is 9.65. The Morgan fingerprint density at radius 3 is 1.38 bits per heavy atom. The summed E-state index contributed by atoms with van der Waals surface area (Å²) in [6, 6.07) is 89.4. The molecule has 1 aliphatic carbocycles. The molecule has 400 valence electrons. The van der Waals surface area contributed by atoms with E-state index in [4.69, 9.17) is 22.0 Å². The van der Waals surface area contributed by atoms with Gasteiger partial charge in [0.1, 0.15) is 11.2 Å². The molecule has 7 nitrogen and oxygen atoms in total. The number of hydrogen-bond donors (Lipinski definition) is 0. The van der Waals surface area contributed by atoms with Gasteiger partial charge in [-0.2, -0.15) is 0 Å². The Kier molecular flexibility index (Phi) is 9.86. The maximum absolute atomic E-state index is 8.06. The van der Waals surface area contributed by atoms with Crippen LogP contribution in [0.1, 0.15) is 33.4 Å². The molecule has 0 saturated heterocycles. The summed E-state index contributed by atoms with van der Waals surface area (Å²) in [6.45, 7) is 20.2. The molecule has 1 aliphatic heterocycles. The van der Waals surface area contributed by atoms with E-state index in [1.807, 2.05) is 36.4 Å². The fraction of sp³-hybridized carbons (Fsp3) is 0.0380. The molecular formula is C79H47N5O2. The van der Waals surface area contributed by atoms with Gasteiger partial charge in [-0.1, -0.05) is 176 Å². The second-order valence-corrected chi connectivity index (χ2v) is 23.0. The van der Waals surface area contributed by atoms with Crippen molar-refractivity contribution in [1.82, 2.24) is 4.57 Å². The Morgan fingerprint density at radius 1 is 0.360 bits per heavy atom. The minimum absolute atomic E-state index is 0.559. The monoisotopic (exact) mass is 1100 g/mol. The highest BCUT2D eigenvalue weighted by atomic mass is 16.3. The van der Waals surface area contributed by atoms with Crippen molar-refractivity contribution in [2.75, 3.05) is 9.80 Å². The number of benzene rings is 13. The third-order valence-corrected chi connectivity index (χ3v) is 18.6. The number of anilines is 6. The molecule has 0 unspecified atom stereocenters. The van der Waals surface area contributed by atoms with E-state index in [1.54, 1.807) is 0 Å². The van der Waals surface area contributed by atoms with Crippen LogP contribution in [-0.4, -0.2) is 4.57 Å². The molecule has 0 atom stereocenters. The van der Waals surface area contributed by atoms with Crippen molar-refractivity contribution in [2.24, 2.45) is 0 Å². The van der Waals surface area contributed by atoms with Gasteiger partial charge in [-0.05, 0) is 153 Å². The number of aryl methyl sites for hydroxylation is 2. The fourth-order valence-electron chi connectivity index (χ4n) is 14.9. The van der Waals surface area contributed by atoms with E-state index >= 15 is 0 Å². The van der Waals surface area contributed by atoms with Gasteiger partial charge >= 0.3 is 0 Å². The zero-order valence-corrected chi connectivity index (χ0v) is 46.7. The third-order valence-electron chi connectivity index (χ3n) is 18.6.